The van der Waals surface area contributed by atoms with Crippen LogP contribution < -0.4 is 19.1 Å². The Hall–Kier alpha value is -2.91. The Bertz CT molecular complexity index is 1020. The number of sulfonamides is 1. The van der Waals surface area contributed by atoms with E-state index in [1.54, 1.807) is 38.3 Å². The van der Waals surface area contributed by atoms with E-state index in [4.69, 9.17) is 9.47 Å². The van der Waals surface area contributed by atoms with Crippen molar-refractivity contribution in [3.63, 3.8) is 0 Å². The highest BCUT2D eigenvalue weighted by Crippen LogP contribution is 2.34. The molecule has 29 heavy (non-hydrogen) atoms. The lowest BCUT2D eigenvalue weighted by molar-refractivity contribution is -0.121. The van der Waals surface area contributed by atoms with Crippen molar-refractivity contribution in [3.05, 3.63) is 48.0 Å². The van der Waals surface area contributed by atoms with E-state index in [1.165, 1.54) is 25.3 Å². The first kappa shape index (κ1) is 20.8. The lowest BCUT2D eigenvalue weighted by Crippen LogP contribution is -2.30. The molecule has 1 fully saturated rings. The van der Waals surface area contributed by atoms with Gasteiger partial charge in [0, 0.05) is 18.9 Å². The number of rotatable bonds is 7. The number of carbonyl (C=O) groups excluding carboxylic acids is 2. The molecular weight excluding hydrogens is 396 g/mol. The highest BCUT2D eigenvalue weighted by Gasteiger charge is 2.33. The van der Waals surface area contributed by atoms with Crippen LogP contribution >= 0.6 is 0 Å². The second-order valence-electron chi connectivity index (χ2n) is 6.57. The molecule has 0 aromatic heterocycles. The van der Waals surface area contributed by atoms with Crippen LogP contribution in [-0.2, 0) is 19.6 Å². The first-order valence-electron chi connectivity index (χ1n) is 8.97. The minimum atomic E-state index is -3.92. The summed E-state index contributed by atoms with van der Waals surface area (Å²) in [5.41, 5.74) is 0.882. The van der Waals surface area contributed by atoms with Crippen molar-refractivity contribution >= 4 is 27.5 Å². The van der Waals surface area contributed by atoms with Crippen molar-refractivity contribution in [2.24, 2.45) is 0 Å². The molecule has 1 heterocycles. The van der Waals surface area contributed by atoms with Gasteiger partial charge in [-0.3, -0.25) is 9.59 Å². The lowest BCUT2D eigenvalue weighted by atomic mass is 10.1. The van der Waals surface area contributed by atoms with Crippen LogP contribution in [0.15, 0.2) is 47.4 Å². The lowest BCUT2D eigenvalue weighted by Gasteiger charge is -2.20. The van der Waals surface area contributed by atoms with Crippen molar-refractivity contribution in [1.82, 2.24) is 4.72 Å². The summed E-state index contributed by atoms with van der Waals surface area (Å²) in [6, 6.07) is 10.6. The number of nitrogens with zero attached hydrogens (tertiary/aromatic N) is 1. The summed E-state index contributed by atoms with van der Waals surface area (Å²) in [5, 5.41) is 0. The van der Waals surface area contributed by atoms with E-state index in [0.717, 1.165) is 10.5 Å². The van der Waals surface area contributed by atoms with Gasteiger partial charge in [0.25, 0.3) is 0 Å². The Labute approximate surface area is 169 Å². The van der Waals surface area contributed by atoms with Crippen LogP contribution in [0.3, 0.4) is 0 Å². The summed E-state index contributed by atoms with van der Waals surface area (Å²) in [4.78, 5) is 25.1. The molecule has 1 atom stereocenters. The molecule has 0 radical (unpaired) electrons. The molecule has 2 aromatic carbocycles. The molecule has 0 aliphatic carbocycles. The first-order chi connectivity index (χ1) is 13.8. The summed E-state index contributed by atoms with van der Waals surface area (Å²) < 4.78 is 38.7. The minimum absolute atomic E-state index is 0.0684. The van der Waals surface area contributed by atoms with Gasteiger partial charge in [0.1, 0.15) is 11.5 Å². The average Bonchev–Trinajstić information content (AvgIpc) is 3.05. The van der Waals surface area contributed by atoms with Gasteiger partial charge in [-0.15, -0.1) is 0 Å². The molecular formula is C20H22N2O6S. The van der Waals surface area contributed by atoms with Crippen molar-refractivity contribution < 1.29 is 27.5 Å². The Morgan fingerprint density at radius 2 is 1.59 bits per heavy atom. The monoisotopic (exact) mass is 418 g/mol. The van der Waals surface area contributed by atoms with E-state index < -0.39 is 16.1 Å². The van der Waals surface area contributed by atoms with Gasteiger partial charge in [-0.05, 0) is 42.8 Å². The average molecular weight is 418 g/mol. The van der Waals surface area contributed by atoms with Crippen LogP contribution in [0.25, 0.3) is 0 Å². The maximum Gasteiger partial charge on any atom is 0.241 e. The predicted octanol–water partition coefficient (Wildman–Crippen LogP) is 2.40. The number of amides is 2. The smallest absolute Gasteiger partial charge is 0.241 e. The Balaban J connectivity index is 1.91. The topological polar surface area (TPSA) is 102 Å². The van der Waals surface area contributed by atoms with Crippen LogP contribution in [-0.4, -0.2) is 34.5 Å². The summed E-state index contributed by atoms with van der Waals surface area (Å²) >= 11 is 0. The largest absolute Gasteiger partial charge is 0.497 e. The van der Waals surface area contributed by atoms with E-state index in [-0.39, 0.29) is 41.0 Å². The number of methoxy groups -OCH3 is 2. The summed E-state index contributed by atoms with van der Waals surface area (Å²) in [6.07, 6.45) is 0.178. The highest BCUT2D eigenvalue weighted by atomic mass is 32.2. The van der Waals surface area contributed by atoms with Crippen molar-refractivity contribution in [3.8, 4) is 11.5 Å². The molecule has 0 saturated carbocycles. The first-order valence-corrected chi connectivity index (χ1v) is 10.4. The summed E-state index contributed by atoms with van der Waals surface area (Å²) in [5.74, 6) is 0.143. The third-order valence-electron chi connectivity index (χ3n) is 4.70. The van der Waals surface area contributed by atoms with Crippen LogP contribution in [0.1, 0.15) is 31.4 Å². The molecule has 154 valence electrons. The van der Waals surface area contributed by atoms with E-state index in [0.29, 0.717) is 5.75 Å². The van der Waals surface area contributed by atoms with E-state index in [2.05, 4.69) is 4.72 Å². The van der Waals surface area contributed by atoms with Gasteiger partial charge in [-0.25, -0.2) is 18.0 Å². The van der Waals surface area contributed by atoms with E-state index in [1.807, 2.05) is 0 Å². The number of anilines is 1. The number of nitrogens with one attached hydrogen (secondary N) is 1. The van der Waals surface area contributed by atoms with Crippen LogP contribution in [0.4, 0.5) is 5.69 Å². The number of benzene rings is 2. The molecule has 1 aliphatic heterocycles. The molecule has 3 rings (SSSR count). The quantitative estimate of drug-likeness (QED) is 0.693. The maximum atomic E-state index is 12.9. The predicted molar refractivity (Wildman–Crippen MR) is 106 cm³/mol. The van der Waals surface area contributed by atoms with Gasteiger partial charge in [0.05, 0.1) is 24.8 Å². The third-order valence-corrected chi connectivity index (χ3v) is 6.24. The molecule has 2 aromatic rings. The van der Waals surface area contributed by atoms with Crippen molar-refractivity contribution in [1.29, 1.82) is 0 Å². The second-order valence-corrected chi connectivity index (χ2v) is 8.29. The fraction of sp³-hybridized carbons (Fsp3) is 0.300. The van der Waals surface area contributed by atoms with E-state index >= 15 is 0 Å². The number of ether oxygens (including phenoxy) is 2. The third kappa shape index (κ3) is 4.25. The van der Waals surface area contributed by atoms with Crippen molar-refractivity contribution in [2.75, 3.05) is 19.1 Å². The Morgan fingerprint density at radius 3 is 2.14 bits per heavy atom. The van der Waals surface area contributed by atoms with Crippen LogP contribution in [0.5, 0.6) is 11.5 Å². The normalized spacial score (nSPS) is 15.5. The van der Waals surface area contributed by atoms with Crippen molar-refractivity contribution in [2.45, 2.75) is 30.7 Å². The Morgan fingerprint density at radius 1 is 0.966 bits per heavy atom. The standard InChI is InChI=1S/C20H22N2O6S/c1-13(14-4-6-15(27-2)7-5-14)21-29(25,26)16-8-9-18(28-3)17(12-16)22-19(23)10-11-20(22)24/h4-9,12-13,21H,10-11H2,1-3H3/t13-/m1/s1. The molecule has 1 N–H and O–H groups in total. The van der Waals surface area contributed by atoms with Gasteiger partial charge in [-0.1, -0.05) is 12.1 Å². The van der Waals surface area contributed by atoms with E-state index in [9.17, 15) is 18.0 Å². The fourth-order valence-electron chi connectivity index (χ4n) is 3.12. The molecule has 1 aliphatic rings. The van der Waals surface area contributed by atoms with Crippen LogP contribution in [0.2, 0.25) is 0 Å². The molecule has 1 saturated heterocycles. The van der Waals surface area contributed by atoms with Crippen LogP contribution in [0, 0.1) is 0 Å². The Kier molecular flexibility index (Phi) is 5.90. The van der Waals surface area contributed by atoms with Gasteiger partial charge in [-0.2, -0.15) is 0 Å². The molecule has 2 amide bonds. The number of imide groups is 1. The molecule has 0 spiro atoms. The molecule has 0 bridgehead atoms. The summed E-state index contributed by atoms with van der Waals surface area (Å²) in [6.45, 7) is 1.72. The highest BCUT2D eigenvalue weighted by molar-refractivity contribution is 7.89. The van der Waals surface area contributed by atoms with Gasteiger partial charge < -0.3 is 9.47 Å². The number of hydrogen-bond acceptors (Lipinski definition) is 6. The zero-order chi connectivity index (χ0) is 21.2. The van der Waals surface area contributed by atoms with Gasteiger partial charge in [0.15, 0.2) is 0 Å². The molecule has 8 nitrogen and oxygen atoms in total. The summed E-state index contributed by atoms with van der Waals surface area (Å²) in [7, 11) is -0.977. The molecule has 9 heteroatoms. The minimum Gasteiger partial charge on any atom is -0.497 e. The van der Waals surface area contributed by atoms with Gasteiger partial charge >= 0.3 is 0 Å². The number of carbonyl (C=O) groups is 2. The molecule has 0 unspecified atom stereocenters. The SMILES string of the molecule is COc1ccc([C@@H](C)NS(=O)(=O)c2ccc(OC)c(N3C(=O)CCC3=O)c2)cc1. The fourth-order valence-corrected chi connectivity index (χ4v) is 4.37. The number of hydrogen-bond donors (Lipinski definition) is 1. The zero-order valence-electron chi connectivity index (χ0n) is 16.3. The maximum absolute atomic E-state index is 12.9. The van der Waals surface area contributed by atoms with Gasteiger partial charge in [0.2, 0.25) is 21.8 Å². The zero-order valence-corrected chi connectivity index (χ0v) is 17.2. The second kappa shape index (κ2) is 8.22.